The fourth-order valence-electron chi connectivity index (χ4n) is 2.08. The van der Waals surface area contributed by atoms with Crippen LogP contribution in [-0.2, 0) is 13.5 Å². The van der Waals surface area contributed by atoms with Gasteiger partial charge in [0.1, 0.15) is 11.6 Å². The van der Waals surface area contributed by atoms with Gasteiger partial charge in [0.2, 0.25) is 0 Å². The maximum atomic E-state index is 13.5. The first-order valence-electron chi connectivity index (χ1n) is 6.16. The van der Waals surface area contributed by atoms with Gasteiger partial charge in [-0.3, -0.25) is 0 Å². The van der Waals surface area contributed by atoms with E-state index in [1.165, 1.54) is 12.1 Å². The molecule has 0 bridgehead atoms. The minimum atomic E-state index is -0.291. The summed E-state index contributed by atoms with van der Waals surface area (Å²) in [4.78, 5) is 4.38. The highest BCUT2D eigenvalue weighted by atomic mass is 19.1. The molecule has 1 heterocycles. The number of aromatic nitrogens is 2. The molecule has 4 nitrogen and oxygen atoms in total. The highest BCUT2D eigenvalue weighted by Crippen LogP contribution is 2.31. The van der Waals surface area contributed by atoms with Crippen molar-refractivity contribution in [1.82, 2.24) is 14.9 Å². The fourth-order valence-corrected chi connectivity index (χ4v) is 2.08. The molecule has 0 saturated carbocycles. The molecule has 0 amide bonds. The maximum Gasteiger partial charge on any atom is 0.128 e. The lowest BCUT2D eigenvalue weighted by Gasteiger charge is -2.10. The van der Waals surface area contributed by atoms with Crippen molar-refractivity contribution in [3.05, 3.63) is 36.0 Å². The van der Waals surface area contributed by atoms with Gasteiger partial charge >= 0.3 is 0 Å². The van der Waals surface area contributed by atoms with Crippen molar-refractivity contribution in [2.45, 2.75) is 6.42 Å². The molecule has 0 aliphatic rings. The van der Waals surface area contributed by atoms with Crippen molar-refractivity contribution in [3.63, 3.8) is 0 Å². The van der Waals surface area contributed by atoms with E-state index in [0.717, 1.165) is 24.4 Å². The van der Waals surface area contributed by atoms with E-state index < -0.39 is 0 Å². The second-order valence-electron chi connectivity index (χ2n) is 4.35. The summed E-state index contributed by atoms with van der Waals surface area (Å²) in [7, 11) is 5.42. The zero-order chi connectivity index (χ0) is 13.8. The number of nitrogens with one attached hydrogen (secondary N) is 1. The molecule has 5 heteroatoms. The van der Waals surface area contributed by atoms with E-state index in [0.29, 0.717) is 11.3 Å². The van der Waals surface area contributed by atoms with Crippen molar-refractivity contribution in [2.75, 3.05) is 20.7 Å². The molecule has 0 fully saturated rings. The Morgan fingerprint density at radius 2 is 2.21 bits per heavy atom. The molecule has 0 aliphatic carbocycles. The summed E-state index contributed by atoms with van der Waals surface area (Å²) in [5, 5.41) is 3.11. The van der Waals surface area contributed by atoms with Gasteiger partial charge in [-0.25, -0.2) is 9.37 Å². The predicted molar refractivity (Wildman–Crippen MR) is 72.8 cm³/mol. The number of hydrogen-bond donors (Lipinski definition) is 1. The number of hydrogen-bond acceptors (Lipinski definition) is 3. The van der Waals surface area contributed by atoms with Crippen LogP contribution in [0.2, 0.25) is 0 Å². The number of aryl methyl sites for hydroxylation is 1. The Labute approximate surface area is 112 Å². The van der Waals surface area contributed by atoms with Gasteiger partial charge < -0.3 is 14.6 Å². The van der Waals surface area contributed by atoms with Crippen LogP contribution in [-0.4, -0.2) is 30.3 Å². The largest absolute Gasteiger partial charge is 0.496 e. The van der Waals surface area contributed by atoms with E-state index in [4.69, 9.17) is 4.74 Å². The van der Waals surface area contributed by atoms with Gasteiger partial charge in [-0.2, -0.15) is 0 Å². The van der Waals surface area contributed by atoms with Crippen molar-refractivity contribution in [1.29, 1.82) is 0 Å². The van der Waals surface area contributed by atoms with E-state index in [9.17, 15) is 4.39 Å². The number of benzene rings is 1. The third-order valence-electron chi connectivity index (χ3n) is 3.09. The van der Waals surface area contributed by atoms with Gasteiger partial charge in [-0.05, 0) is 25.2 Å². The molecule has 1 aromatic heterocycles. The summed E-state index contributed by atoms with van der Waals surface area (Å²) in [5.74, 6) is 0.340. The van der Waals surface area contributed by atoms with Crippen LogP contribution in [0.5, 0.6) is 5.75 Å². The third-order valence-corrected chi connectivity index (χ3v) is 3.09. The number of likely N-dealkylation sites (N-methyl/N-ethyl adjacent to an activating group) is 1. The number of nitrogens with zero attached hydrogens (tertiary/aromatic N) is 2. The molecule has 0 unspecified atom stereocenters. The van der Waals surface area contributed by atoms with Gasteiger partial charge in [0, 0.05) is 31.3 Å². The van der Waals surface area contributed by atoms with Crippen LogP contribution in [0, 0.1) is 5.82 Å². The first kappa shape index (κ1) is 13.5. The molecular weight excluding hydrogens is 245 g/mol. The van der Waals surface area contributed by atoms with E-state index in [1.807, 2.05) is 18.7 Å². The molecule has 19 heavy (non-hydrogen) atoms. The second kappa shape index (κ2) is 5.84. The van der Waals surface area contributed by atoms with Crippen molar-refractivity contribution >= 4 is 0 Å². The summed E-state index contributed by atoms with van der Waals surface area (Å²) in [6, 6.07) is 4.48. The Kier molecular flexibility index (Phi) is 4.16. The Balaban J connectivity index is 2.49. The molecule has 1 N–H and O–H groups in total. The molecule has 0 saturated heterocycles. The SMILES string of the molecule is CNCCc1c(-c2cc(F)ccc2OC)ncn1C. The number of ether oxygens (including phenoxy) is 1. The van der Waals surface area contributed by atoms with Crippen LogP contribution in [0.15, 0.2) is 24.5 Å². The Morgan fingerprint density at radius 3 is 2.89 bits per heavy atom. The number of rotatable bonds is 5. The lowest BCUT2D eigenvalue weighted by molar-refractivity contribution is 0.415. The van der Waals surface area contributed by atoms with Gasteiger partial charge in [-0.15, -0.1) is 0 Å². The Morgan fingerprint density at radius 1 is 1.42 bits per heavy atom. The van der Waals surface area contributed by atoms with Gasteiger partial charge in [-0.1, -0.05) is 0 Å². The minimum Gasteiger partial charge on any atom is -0.496 e. The molecule has 1 aromatic carbocycles. The van der Waals surface area contributed by atoms with Gasteiger partial charge in [0.25, 0.3) is 0 Å². The highest BCUT2D eigenvalue weighted by Gasteiger charge is 2.15. The first-order chi connectivity index (χ1) is 9.17. The zero-order valence-electron chi connectivity index (χ0n) is 11.4. The quantitative estimate of drug-likeness (QED) is 0.896. The maximum absolute atomic E-state index is 13.5. The summed E-state index contributed by atoms with van der Waals surface area (Å²) < 4.78 is 20.7. The predicted octanol–water partition coefficient (Wildman–Crippen LogP) is 2.00. The topological polar surface area (TPSA) is 39.1 Å². The van der Waals surface area contributed by atoms with Crippen LogP contribution in [0.3, 0.4) is 0 Å². The Hall–Kier alpha value is -1.88. The van der Waals surface area contributed by atoms with Crippen molar-refractivity contribution < 1.29 is 9.13 Å². The standard InChI is InChI=1S/C14H18FN3O/c1-16-7-6-12-14(17-9-18(12)2)11-8-10(15)4-5-13(11)19-3/h4-5,8-9,16H,6-7H2,1-3H3. The summed E-state index contributed by atoms with van der Waals surface area (Å²) >= 11 is 0. The molecule has 0 aliphatic heterocycles. The van der Waals surface area contributed by atoms with Crippen LogP contribution in [0.1, 0.15) is 5.69 Å². The lowest BCUT2D eigenvalue weighted by atomic mass is 10.1. The Bertz CT molecular complexity index is 566. The van der Waals surface area contributed by atoms with E-state index in [1.54, 1.807) is 19.5 Å². The molecule has 2 rings (SSSR count). The molecule has 0 spiro atoms. The summed E-state index contributed by atoms with van der Waals surface area (Å²) in [6.45, 7) is 0.837. The summed E-state index contributed by atoms with van der Waals surface area (Å²) in [6.07, 6.45) is 2.56. The van der Waals surface area contributed by atoms with Crippen molar-refractivity contribution in [3.8, 4) is 17.0 Å². The number of halogens is 1. The molecular formula is C14H18FN3O. The molecule has 0 atom stereocenters. The number of methoxy groups -OCH3 is 1. The lowest BCUT2D eigenvalue weighted by Crippen LogP contribution is -2.13. The van der Waals surface area contributed by atoms with E-state index >= 15 is 0 Å². The number of imidazole rings is 1. The van der Waals surface area contributed by atoms with Gasteiger partial charge in [0.15, 0.2) is 0 Å². The molecule has 2 aromatic rings. The minimum absolute atomic E-state index is 0.291. The molecule has 0 radical (unpaired) electrons. The van der Waals surface area contributed by atoms with Crippen LogP contribution < -0.4 is 10.1 Å². The zero-order valence-corrected chi connectivity index (χ0v) is 11.4. The highest BCUT2D eigenvalue weighted by molar-refractivity contribution is 5.69. The van der Waals surface area contributed by atoms with Crippen LogP contribution in [0.4, 0.5) is 4.39 Å². The van der Waals surface area contributed by atoms with Crippen LogP contribution in [0.25, 0.3) is 11.3 Å². The fraction of sp³-hybridized carbons (Fsp3) is 0.357. The summed E-state index contributed by atoms with van der Waals surface area (Å²) in [5.41, 5.74) is 2.52. The first-order valence-corrected chi connectivity index (χ1v) is 6.16. The smallest absolute Gasteiger partial charge is 0.128 e. The van der Waals surface area contributed by atoms with E-state index in [-0.39, 0.29) is 5.82 Å². The monoisotopic (exact) mass is 263 g/mol. The average molecular weight is 263 g/mol. The third kappa shape index (κ3) is 2.76. The van der Waals surface area contributed by atoms with Crippen LogP contribution >= 0.6 is 0 Å². The second-order valence-corrected chi connectivity index (χ2v) is 4.35. The van der Waals surface area contributed by atoms with Gasteiger partial charge in [0.05, 0.1) is 19.1 Å². The van der Waals surface area contributed by atoms with Crippen molar-refractivity contribution in [2.24, 2.45) is 7.05 Å². The average Bonchev–Trinajstić information content (AvgIpc) is 2.77. The van der Waals surface area contributed by atoms with E-state index in [2.05, 4.69) is 10.3 Å². The molecule has 102 valence electrons. The normalized spacial score (nSPS) is 10.7.